The molecule has 0 amide bonds. The summed E-state index contributed by atoms with van der Waals surface area (Å²) in [6, 6.07) is 60.2. The van der Waals surface area contributed by atoms with E-state index < -0.39 is 7.12 Å². The molecule has 2 N–H and O–H groups in total. The van der Waals surface area contributed by atoms with E-state index in [9.17, 15) is 0 Å². The first kappa shape index (κ1) is 51.1. The molecule has 0 saturated carbocycles. The summed E-state index contributed by atoms with van der Waals surface area (Å²) in [5.74, 6) is 0. The van der Waals surface area contributed by atoms with E-state index >= 15 is 0 Å². The molecule has 57 heavy (non-hydrogen) atoms. The average molecular weight is 867 g/mol. The van der Waals surface area contributed by atoms with E-state index in [0.717, 1.165) is 38.8 Å². The molecule has 2 heterocycles. The summed E-state index contributed by atoms with van der Waals surface area (Å²) in [7, 11) is 1.13. The van der Waals surface area contributed by atoms with Crippen molar-refractivity contribution < 1.29 is 129 Å². The van der Waals surface area contributed by atoms with Crippen LogP contribution in [0.25, 0.3) is 55.3 Å². The van der Waals surface area contributed by atoms with Gasteiger partial charge in [-0.25, -0.2) is 9.97 Å². The molecule has 2 atom stereocenters. The van der Waals surface area contributed by atoms with Crippen molar-refractivity contribution in [3.8, 4) is 33.5 Å². The Labute approximate surface area is 432 Å². The van der Waals surface area contributed by atoms with Gasteiger partial charge in [0.15, 0.2) is 0 Å². The summed E-state index contributed by atoms with van der Waals surface area (Å²) < 4.78 is 6.20. The van der Waals surface area contributed by atoms with E-state index in [4.69, 9.17) is 38.0 Å². The molecule has 0 saturated heterocycles. The molecule has 8 rings (SSSR count). The summed E-state index contributed by atoms with van der Waals surface area (Å²) in [5.41, 5.74) is 9.30. The number of halogens is 1. The van der Waals surface area contributed by atoms with E-state index in [1.165, 1.54) is 16.5 Å². The molecular formula is C44H42BClK2N2O5P2. The van der Waals surface area contributed by atoms with Crippen molar-refractivity contribution in [1.29, 1.82) is 1.28 Å². The number of fused-ring (bicyclic) bond motifs is 2. The number of carbonyl (C=O) groups excluding carboxylic acids is 1. The fourth-order valence-electron chi connectivity index (χ4n) is 5.21. The molecule has 0 aliphatic carbocycles. The van der Waals surface area contributed by atoms with Gasteiger partial charge in [-0.3, -0.25) is 4.79 Å². The second-order valence-corrected chi connectivity index (χ2v) is 11.6. The van der Waals surface area contributed by atoms with Crippen LogP contribution in [0.3, 0.4) is 0 Å². The zero-order valence-corrected chi connectivity index (χ0v) is 40.1. The fourth-order valence-corrected chi connectivity index (χ4v) is 5.36. The van der Waals surface area contributed by atoms with Crippen molar-refractivity contribution >= 4 is 70.3 Å². The Hall–Kier alpha value is -2.02. The molecule has 8 aromatic rings. The van der Waals surface area contributed by atoms with Gasteiger partial charge in [-0.2, -0.15) is 0 Å². The molecule has 0 bridgehead atoms. The number of para-hydroxylation sites is 2. The second-order valence-electron chi connectivity index (χ2n) is 11.2. The van der Waals surface area contributed by atoms with Crippen LogP contribution in [-0.2, 0) is 9.68 Å². The van der Waals surface area contributed by atoms with Crippen LogP contribution in [0.15, 0.2) is 182 Å². The third-order valence-electron chi connectivity index (χ3n) is 7.81. The Bertz CT molecular complexity index is 2350. The maximum atomic E-state index is 8.94. The third kappa shape index (κ3) is 17.6. The van der Waals surface area contributed by atoms with Crippen LogP contribution in [0.1, 0.15) is 8.85 Å². The Balaban J connectivity index is 0.000000800. The van der Waals surface area contributed by atoms with E-state index in [1.807, 2.05) is 91.0 Å². The number of benzene rings is 6. The molecule has 0 spiro atoms. The number of hydrogen-bond acceptors (Lipinski definition) is 7. The zero-order chi connectivity index (χ0) is 39.3. The first-order valence-electron chi connectivity index (χ1n) is 17.0. The Morgan fingerprint density at radius 2 is 0.965 bits per heavy atom. The van der Waals surface area contributed by atoms with Crippen molar-refractivity contribution in [2.75, 3.05) is 0 Å². The summed E-state index contributed by atoms with van der Waals surface area (Å²) >= 11 is 5.71. The van der Waals surface area contributed by atoms with Crippen molar-refractivity contribution in [1.82, 2.24) is 9.97 Å². The normalized spacial score (nSPS) is 9.67. The fraction of sp³-hybridized carbons (Fsp3) is 0.0227. The van der Waals surface area contributed by atoms with Crippen LogP contribution in [-0.4, -0.2) is 34.9 Å². The molecule has 0 aliphatic heterocycles. The quantitative estimate of drug-likeness (QED) is 0.0682. The molecule has 6 aromatic carbocycles. The topological polar surface area (TPSA) is 116 Å². The van der Waals surface area contributed by atoms with E-state index in [2.05, 4.69) is 91.6 Å². The minimum absolute atomic E-state index is 0. The maximum Gasteiger partial charge on any atom is 1.00 e. The van der Waals surface area contributed by atoms with Gasteiger partial charge in [0.2, 0.25) is 0 Å². The molecule has 0 fully saturated rings. The van der Waals surface area contributed by atoms with Gasteiger partial charge in [-0.1, -0.05) is 171 Å². The summed E-state index contributed by atoms with van der Waals surface area (Å²) in [5, 5.41) is 29.2. The standard InChI is InChI=1S/C21H15N.C12H11BO2.C9H6ClN.CH2O3.CH4.2K.H4P2.H/c1-2-6-16(7-3-1)17-10-12-19(13-11-17)21-15-14-18-8-4-5-9-20(18)22-21;14-13(15)12-8-6-11(7-9-12)10-4-2-1-3-5-10;10-9-6-5-7-3-1-2-4-8(7)11-9;2-1-4-3;;;;1-2;/h1-15H;1-9,14-15H;1-6H;1,3H;1H4;;;1-2H2;/q;;;;;2*+1;;-1/p-1/i;;;;;;;1T;. The molecule has 0 radical (unpaired) electrons. The van der Waals surface area contributed by atoms with Gasteiger partial charge in [0.1, 0.15) is 5.15 Å². The molecule has 2 aromatic heterocycles. The van der Waals surface area contributed by atoms with E-state index in [0.29, 0.717) is 10.6 Å². The van der Waals surface area contributed by atoms with Crippen LogP contribution in [0.4, 0.5) is 0 Å². The predicted molar refractivity (Wildman–Crippen MR) is 235 cm³/mol. The second kappa shape index (κ2) is 30.1. The first-order valence-corrected chi connectivity index (χ1v) is 19.2. The molecule has 0 aliphatic rings. The molecule has 13 heteroatoms. The van der Waals surface area contributed by atoms with Crippen molar-refractivity contribution in [2.24, 2.45) is 0 Å². The predicted octanol–water partition coefficient (Wildman–Crippen LogP) is 3.33. The van der Waals surface area contributed by atoms with Crippen LogP contribution >= 0.6 is 29.4 Å². The van der Waals surface area contributed by atoms with Gasteiger partial charge in [-0.15, -0.1) is 17.8 Å². The van der Waals surface area contributed by atoms with Crippen molar-refractivity contribution in [3.05, 3.63) is 187 Å². The number of aromatic nitrogens is 2. The minimum atomic E-state index is -1.39. The van der Waals surface area contributed by atoms with Crippen molar-refractivity contribution in [2.45, 2.75) is 7.43 Å². The Morgan fingerprint density at radius 1 is 0.596 bits per heavy atom. The maximum absolute atomic E-state index is 8.94. The van der Waals surface area contributed by atoms with Gasteiger partial charge >= 0.3 is 110 Å². The summed E-state index contributed by atoms with van der Waals surface area (Å²) in [4.78, 5) is 20.1. The molecular weight excluding hydrogens is 823 g/mol. The SMILES string of the molecule is C.Clc1ccc2ccccc2n1.O=CO[O-].OB(O)c1ccc(-c2ccccc2)cc1.[3H]PP.[H-].[K+].[K+].c1ccc(-c2ccc(-c3ccc4ccccc4n3)cc2)cc1. The van der Waals surface area contributed by atoms with Gasteiger partial charge in [0, 0.05) is 16.3 Å². The third-order valence-corrected chi connectivity index (χ3v) is 8.02. The molecule has 280 valence electrons. The summed E-state index contributed by atoms with van der Waals surface area (Å²) in [6.45, 7) is -0.181. The number of pyridine rings is 2. The van der Waals surface area contributed by atoms with E-state index in [1.54, 1.807) is 18.2 Å². The monoisotopic (exact) mass is 866 g/mol. The summed E-state index contributed by atoms with van der Waals surface area (Å²) in [6.07, 6.45) is 0. The van der Waals surface area contributed by atoms with Crippen LogP contribution in [0.2, 0.25) is 5.15 Å². The smallest absolute Gasteiger partial charge is 1.00 e. The molecule has 2 unspecified atom stereocenters. The van der Waals surface area contributed by atoms with Crippen LogP contribution in [0, 0.1) is 0 Å². The zero-order valence-electron chi connectivity index (χ0n) is 32.9. The largest absolute Gasteiger partial charge is 1.00 e. The Kier molecular flexibility index (Phi) is 27.0. The van der Waals surface area contributed by atoms with Gasteiger partial charge < -0.3 is 21.6 Å². The number of rotatable bonds is 5. The van der Waals surface area contributed by atoms with Gasteiger partial charge in [-0.05, 0) is 58.0 Å². The average Bonchev–Trinajstić information content (AvgIpc) is 3.25. The van der Waals surface area contributed by atoms with Gasteiger partial charge in [0.25, 0.3) is 6.47 Å². The van der Waals surface area contributed by atoms with Crippen LogP contribution in [0.5, 0.6) is 0 Å². The molecule has 7 nitrogen and oxygen atoms in total. The van der Waals surface area contributed by atoms with E-state index in [-0.39, 0.29) is 127 Å². The number of nitrogens with zero attached hydrogens (tertiary/aromatic N) is 2. The van der Waals surface area contributed by atoms with Crippen molar-refractivity contribution in [3.63, 3.8) is 0 Å². The van der Waals surface area contributed by atoms with Crippen LogP contribution < -0.4 is 113 Å². The first-order chi connectivity index (χ1) is 26.9. The minimum Gasteiger partial charge on any atom is -1.00 e. The Morgan fingerprint density at radius 3 is 1.42 bits per heavy atom. The number of carbonyl (C=O) groups is 1. The number of hydrogen-bond donors (Lipinski definition) is 2. The van der Waals surface area contributed by atoms with Gasteiger partial charge in [0.05, 0.1) is 18.0 Å².